The Balaban J connectivity index is 2.04. The molecule has 0 spiro atoms. The van der Waals surface area contributed by atoms with Gasteiger partial charge in [0.2, 0.25) is 0 Å². The van der Waals surface area contributed by atoms with Gasteiger partial charge in [0.1, 0.15) is 0 Å². The molecule has 2 heterocycles. The molecule has 0 bridgehead atoms. The second kappa shape index (κ2) is 3.93. The maximum atomic E-state index is 3.90. The fourth-order valence-electron chi connectivity index (χ4n) is 3.68. The van der Waals surface area contributed by atoms with Gasteiger partial charge < -0.3 is 0 Å². The lowest BCUT2D eigenvalue weighted by atomic mass is 9.77. The van der Waals surface area contributed by atoms with Crippen molar-refractivity contribution in [3.05, 3.63) is 47.5 Å². The second-order valence-electron chi connectivity index (χ2n) is 5.42. The van der Waals surface area contributed by atoms with Crippen LogP contribution in [0.25, 0.3) is 21.2 Å². The van der Waals surface area contributed by atoms with E-state index in [2.05, 4.69) is 60.2 Å². The van der Waals surface area contributed by atoms with E-state index in [9.17, 15) is 0 Å². The number of halogens is 1. The van der Waals surface area contributed by atoms with E-state index in [1.54, 1.807) is 5.56 Å². The normalized spacial score (nSPS) is 22.2. The summed E-state index contributed by atoms with van der Waals surface area (Å²) in [5.41, 5.74) is 6.00. The molecular formula is C16H10BBrS2. The standard InChI is InChI=1S/C16H10BBrS2/c17-15-13-7-3-1-6-10-12(7)14(16(18)20-10)8-4-2-5-9(19-15)11(8)13/h1-6,14,16H,17H2. The minimum Gasteiger partial charge on any atom is -0.150 e. The zero-order chi connectivity index (χ0) is 13.4. The van der Waals surface area contributed by atoms with E-state index in [0.29, 0.717) is 10.1 Å². The molecule has 0 fully saturated rings. The van der Waals surface area contributed by atoms with E-state index in [4.69, 9.17) is 0 Å². The van der Waals surface area contributed by atoms with Crippen molar-refractivity contribution in [2.75, 3.05) is 0 Å². The summed E-state index contributed by atoms with van der Waals surface area (Å²) in [6.07, 6.45) is 0. The maximum absolute atomic E-state index is 3.90. The monoisotopic (exact) mass is 356 g/mol. The van der Waals surface area contributed by atoms with Gasteiger partial charge in [-0.2, -0.15) is 11.3 Å². The molecule has 1 aromatic heterocycles. The van der Waals surface area contributed by atoms with Gasteiger partial charge >= 0.3 is 0 Å². The minimum atomic E-state index is 0.456. The number of thiophene rings is 1. The van der Waals surface area contributed by atoms with Crippen LogP contribution in [0.15, 0.2) is 41.3 Å². The van der Waals surface area contributed by atoms with Gasteiger partial charge in [-0.05, 0) is 39.2 Å². The smallest absolute Gasteiger partial charge is 0.150 e. The quantitative estimate of drug-likeness (QED) is 0.431. The van der Waals surface area contributed by atoms with Gasteiger partial charge in [-0.1, -0.05) is 40.2 Å². The van der Waals surface area contributed by atoms with E-state index in [0.717, 1.165) is 0 Å². The average Bonchev–Trinajstić information content (AvgIpc) is 2.95. The number of thioether (sulfide) groups is 1. The predicted octanol–water partition coefficient (Wildman–Crippen LogP) is 4.10. The molecular weight excluding hydrogens is 347 g/mol. The molecule has 0 amide bonds. The molecule has 0 nitrogen and oxygen atoms in total. The molecule has 1 aliphatic carbocycles. The largest absolute Gasteiger partial charge is 0.153 e. The van der Waals surface area contributed by atoms with Gasteiger partial charge in [0.15, 0.2) is 7.85 Å². The fourth-order valence-corrected chi connectivity index (χ4v) is 7.13. The van der Waals surface area contributed by atoms with E-state index in [-0.39, 0.29) is 0 Å². The summed E-state index contributed by atoms with van der Waals surface area (Å²) in [4.78, 5) is 1.45. The SMILES string of the molecule is Bc1sc2cccc3c2c1-c1cccc2c1C3C(Br)S2. The van der Waals surface area contributed by atoms with Crippen LogP contribution in [-0.4, -0.2) is 12.0 Å². The molecule has 0 radical (unpaired) electrons. The van der Waals surface area contributed by atoms with Crippen molar-refractivity contribution in [2.24, 2.45) is 0 Å². The van der Waals surface area contributed by atoms with Gasteiger partial charge in [0.25, 0.3) is 0 Å². The highest BCUT2D eigenvalue weighted by Crippen LogP contribution is 2.58. The summed E-state index contributed by atoms with van der Waals surface area (Å²) in [5, 5.41) is 1.50. The molecule has 0 saturated carbocycles. The minimum absolute atomic E-state index is 0.456. The van der Waals surface area contributed by atoms with Crippen LogP contribution in [0.1, 0.15) is 17.0 Å². The van der Waals surface area contributed by atoms with Gasteiger partial charge in [-0.3, -0.25) is 0 Å². The van der Waals surface area contributed by atoms with Crippen LogP contribution in [-0.2, 0) is 0 Å². The number of alkyl halides is 1. The summed E-state index contributed by atoms with van der Waals surface area (Å²) < 4.78 is 3.34. The Hall–Kier alpha value is -0.705. The molecule has 2 atom stereocenters. The zero-order valence-electron chi connectivity index (χ0n) is 10.8. The molecule has 3 aromatic rings. The molecule has 0 saturated heterocycles. The summed E-state index contributed by atoms with van der Waals surface area (Å²) in [7, 11) is 2.26. The highest BCUT2D eigenvalue weighted by Gasteiger charge is 2.39. The Labute approximate surface area is 135 Å². The third-order valence-electron chi connectivity index (χ3n) is 4.41. The molecule has 1 aliphatic heterocycles. The van der Waals surface area contributed by atoms with Crippen LogP contribution in [0, 0.1) is 0 Å². The Morgan fingerprint density at radius 1 is 1.10 bits per heavy atom. The van der Waals surface area contributed by atoms with Gasteiger partial charge in [-0.25, -0.2) is 0 Å². The first kappa shape index (κ1) is 11.9. The molecule has 2 aliphatic rings. The Bertz CT molecular complexity index is 884. The van der Waals surface area contributed by atoms with Crippen LogP contribution in [0.5, 0.6) is 0 Å². The molecule has 2 unspecified atom stereocenters. The number of rotatable bonds is 0. The van der Waals surface area contributed by atoms with Crippen LogP contribution < -0.4 is 4.78 Å². The lowest BCUT2D eigenvalue weighted by molar-refractivity contribution is 0.920. The van der Waals surface area contributed by atoms with Crippen molar-refractivity contribution in [1.29, 1.82) is 0 Å². The second-order valence-corrected chi connectivity index (χ2v) is 9.45. The maximum Gasteiger partial charge on any atom is 0.153 e. The zero-order valence-corrected chi connectivity index (χ0v) is 14.0. The number of fused-ring (bicyclic) bond motifs is 2. The van der Waals surface area contributed by atoms with Crippen molar-refractivity contribution >= 4 is 61.7 Å². The summed E-state index contributed by atoms with van der Waals surface area (Å²) in [6.45, 7) is 0. The van der Waals surface area contributed by atoms with Crippen LogP contribution in [0.4, 0.5) is 0 Å². The van der Waals surface area contributed by atoms with E-state index in [1.165, 1.54) is 36.4 Å². The summed E-state index contributed by atoms with van der Waals surface area (Å²) in [5.74, 6) is 0.497. The van der Waals surface area contributed by atoms with Crippen molar-refractivity contribution in [1.82, 2.24) is 0 Å². The number of hydrogen-bond donors (Lipinski definition) is 0. The van der Waals surface area contributed by atoms with Gasteiger partial charge in [-0.15, -0.1) is 11.8 Å². The Kier molecular flexibility index (Phi) is 2.34. The number of benzene rings is 2. The highest BCUT2D eigenvalue weighted by atomic mass is 79.9. The van der Waals surface area contributed by atoms with E-state index >= 15 is 0 Å². The topological polar surface area (TPSA) is 0 Å². The molecule has 4 heteroatoms. The van der Waals surface area contributed by atoms with E-state index in [1.807, 2.05) is 23.1 Å². The van der Waals surface area contributed by atoms with Crippen LogP contribution in [0.2, 0.25) is 0 Å². The van der Waals surface area contributed by atoms with Crippen molar-refractivity contribution in [3.63, 3.8) is 0 Å². The van der Waals surface area contributed by atoms with E-state index < -0.39 is 0 Å². The first-order valence-electron chi connectivity index (χ1n) is 6.72. The third kappa shape index (κ3) is 1.31. The van der Waals surface area contributed by atoms with Crippen LogP contribution >= 0.6 is 39.0 Å². The predicted molar refractivity (Wildman–Crippen MR) is 95.9 cm³/mol. The van der Waals surface area contributed by atoms with Gasteiger partial charge in [0, 0.05) is 20.9 Å². The molecule has 5 rings (SSSR count). The Morgan fingerprint density at radius 3 is 2.85 bits per heavy atom. The van der Waals surface area contributed by atoms with Crippen molar-refractivity contribution < 1.29 is 0 Å². The molecule has 20 heavy (non-hydrogen) atoms. The fraction of sp³-hybridized carbons (Fsp3) is 0.125. The number of hydrogen-bond acceptors (Lipinski definition) is 2. The summed E-state index contributed by atoms with van der Waals surface area (Å²) in [6, 6.07) is 13.6. The van der Waals surface area contributed by atoms with Crippen molar-refractivity contribution in [3.8, 4) is 11.1 Å². The highest BCUT2D eigenvalue weighted by molar-refractivity contribution is 9.11. The van der Waals surface area contributed by atoms with Gasteiger partial charge in [0.05, 0.1) is 4.16 Å². The van der Waals surface area contributed by atoms with Crippen molar-refractivity contribution in [2.45, 2.75) is 15.0 Å². The third-order valence-corrected chi connectivity index (χ3v) is 7.67. The first-order chi connectivity index (χ1) is 9.75. The lowest BCUT2D eigenvalue weighted by Crippen LogP contribution is -2.13. The Morgan fingerprint density at radius 2 is 1.95 bits per heavy atom. The van der Waals surface area contributed by atoms with Crippen LogP contribution in [0.3, 0.4) is 0 Å². The molecule has 0 N–H and O–H groups in total. The molecule has 96 valence electrons. The lowest BCUT2D eigenvalue weighted by Gasteiger charge is -2.25. The first-order valence-corrected chi connectivity index (χ1v) is 9.33. The summed E-state index contributed by atoms with van der Waals surface area (Å²) >= 11 is 7.80. The average molecular weight is 357 g/mol. The molecule has 2 aromatic carbocycles.